The molecule has 0 atom stereocenters. The van der Waals surface area contributed by atoms with Crippen molar-refractivity contribution in [2.75, 3.05) is 7.05 Å². The number of hydrogen-bond acceptors (Lipinski definition) is 3. The summed E-state index contributed by atoms with van der Waals surface area (Å²) < 4.78 is 28.4. The molecular weight excluding hydrogens is 314 g/mol. The van der Waals surface area contributed by atoms with Crippen LogP contribution in [0, 0.1) is 0 Å². The molecule has 0 aliphatic rings. The second-order valence-electron chi connectivity index (χ2n) is 4.55. The first-order valence-electron chi connectivity index (χ1n) is 6.36. The minimum atomic E-state index is -2.85. The molecule has 0 N–H and O–H groups in total. The van der Waals surface area contributed by atoms with Gasteiger partial charge >= 0.3 is 6.61 Å². The summed E-state index contributed by atoms with van der Waals surface area (Å²) in [5.74, 6) is -0.133. The zero-order valence-electron chi connectivity index (χ0n) is 11.7. The van der Waals surface area contributed by atoms with Gasteiger partial charge in [0.1, 0.15) is 10.9 Å². The van der Waals surface area contributed by atoms with Gasteiger partial charge in [0.25, 0.3) is 5.91 Å². The molecule has 1 aromatic carbocycles. The van der Waals surface area contributed by atoms with Gasteiger partial charge in [-0.2, -0.15) is 8.78 Å². The lowest BCUT2D eigenvalue weighted by atomic mass is 10.2. The average molecular weight is 327 g/mol. The number of halogens is 3. The van der Waals surface area contributed by atoms with Crippen molar-refractivity contribution in [3.8, 4) is 5.75 Å². The highest BCUT2D eigenvalue weighted by Crippen LogP contribution is 2.16. The van der Waals surface area contributed by atoms with Crippen LogP contribution in [0.4, 0.5) is 8.78 Å². The van der Waals surface area contributed by atoms with Crippen molar-refractivity contribution in [2.24, 2.45) is 0 Å². The predicted molar refractivity (Wildman–Crippen MR) is 78.1 cm³/mol. The fourth-order valence-electron chi connectivity index (χ4n) is 1.84. The van der Waals surface area contributed by atoms with Crippen LogP contribution in [0.3, 0.4) is 0 Å². The fraction of sp³-hybridized carbons (Fsp3) is 0.200. The van der Waals surface area contributed by atoms with Gasteiger partial charge in [0.05, 0.1) is 5.56 Å². The zero-order chi connectivity index (χ0) is 16.1. The Balaban J connectivity index is 2.00. The molecule has 7 heteroatoms. The maximum absolute atomic E-state index is 12.2. The summed E-state index contributed by atoms with van der Waals surface area (Å²) in [5, 5.41) is 0.314. The van der Waals surface area contributed by atoms with Crippen LogP contribution in [0.25, 0.3) is 0 Å². The lowest BCUT2D eigenvalue weighted by Crippen LogP contribution is -2.26. The van der Waals surface area contributed by atoms with Crippen LogP contribution in [0.15, 0.2) is 42.6 Å². The van der Waals surface area contributed by atoms with Crippen molar-refractivity contribution < 1.29 is 18.3 Å². The Kier molecular flexibility index (Phi) is 5.27. The van der Waals surface area contributed by atoms with Crippen LogP contribution in [0.1, 0.15) is 15.9 Å². The van der Waals surface area contributed by atoms with Gasteiger partial charge in [-0.3, -0.25) is 4.79 Å². The van der Waals surface area contributed by atoms with Crippen molar-refractivity contribution >= 4 is 17.5 Å². The van der Waals surface area contributed by atoms with E-state index in [0.29, 0.717) is 17.3 Å². The van der Waals surface area contributed by atoms with Gasteiger partial charge in [-0.25, -0.2) is 4.98 Å². The van der Waals surface area contributed by atoms with E-state index in [1.54, 1.807) is 31.3 Å². The van der Waals surface area contributed by atoms with Gasteiger partial charge in [-0.15, -0.1) is 0 Å². The summed E-state index contributed by atoms with van der Waals surface area (Å²) in [6.07, 6.45) is 1.40. The fourth-order valence-corrected chi connectivity index (χ4v) is 1.96. The van der Waals surface area contributed by atoms with E-state index in [0.717, 1.165) is 5.56 Å². The minimum absolute atomic E-state index is 0.0784. The molecule has 116 valence electrons. The molecule has 1 amide bonds. The summed E-state index contributed by atoms with van der Waals surface area (Å²) in [4.78, 5) is 17.5. The van der Waals surface area contributed by atoms with E-state index in [1.165, 1.54) is 23.2 Å². The molecule has 0 radical (unpaired) electrons. The number of rotatable bonds is 5. The van der Waals surface area contributed by atoms with E-state index in [2.05, 4.69) is 9.72 Å². The molecule has 1 aromatic heterocycles. The van der Waals surface area contributed by atoms with Crippen LogP contribution in [0.5, 0.6) is 5.75 Å². The number of benzene rings is 1. The second-order valence-corrected chi connectivity index (χ2v) is 4.94. The lowest BCUT2D eigenvalue weighted by Gasteiger charge is -2.17. The molecule has 0 bridgehead atoms. The summed E-state index contributed by atoms with van der Waals surface area (Å²) in [6.45, 7) is -2.52. The number of amides is 1. The summed E-state index contributed by atoms with van der Waals surface area (Å²) in [5.41, 5.74) is 1.21. The summed E-state index contributed by atoms with van der Waals surface area (Å²) in [7, 11) is 1.64. The van der Waals surface area contributed by atoms with Gasteiger partial charge in [-0.1, -0.05) is 23.7 Å². The van der Waals surface area contributed by atoms with Crippen LogP contribution in [-0.2, 0) is 6.54 Å². The molecule has 22 heavy (non-hydrogen) atoms. The molecule has 0 fully saturated rings. The first kappa shape index (κ1) is 16.2. The van der Waals surface area contributed by atoms with Crippen LogP contribution in [-0.4, -0.2) is 29.5 Å². The Morgan fingerprint density at radius 3 is 2.50 bits per heavy atom. The smallest absolute Gasteiger partial charge is 0.387 e. The Hall–Kier alpha value is -2.21. The van der Waals surface area contributed by atoms with Crippen LogP contribution < -0.4 is 4.74 Å². The van der Waals surface area contributed by atoms with Crippen molar-refractivity contribution in [2.45, 2.75) is 13.2 Å². The first-order valence-corrected chi connectivity index (χ1v) is 6.74. The van der Waals surface area contributed by atoms with Gasteiger partial charge in [0.15, 0.2) is 0 Å². The van der Waals surface area contributed by atoms with E-state index in [9.17, 15) is 13.6 Å². The van der Waals surface area contributed by atoms with Gasteiger partial charge < -0.3 is 9.64 Å². The maximum atomic E-state index is 12.2. The van der Waals surface area contributed by atoms with Gasteiger partial charge in [0.2, 0.25) is 0 Å². The van der Waals surface area contributed by atoms with Gasteiger partial charge in [0, 0.05) is 19.8 Å². The van der Waals surface area contributed by atoms with Crippen molar-refractivity contribution in [1.82, 2.24) is 9.88 Å². The zero-order valence-corrected chi connectivity index (χ0v) is 12.4. The molecule has 2 aromatic rings. The van der Waals surface area contributed by atoms with Crippen LogP contribution >= 0.6 is 11.6 Å². The summed E-state index contributed by atoms with van der Waals surface area (Å²) in [6, 6.07) is 9.25. The molecule has 4 nitrogen and oxygen atoms in total. The largest absolute Gasteiger partial charge is 0.435 e. The molecule has 0 saturated heterocycles. The predicted octanol–water partition coefficient (Wildman–Crippen LogP) is 3.61. The van der Waals surface area contributed by atoms with E-state index >= 15 is 0 Å². The number of carbonyl (C=O) groups is 1. The van der Waals surface area contributed by atoms with Crippen molar-refractivity contribution in [1.29, 1.82) is 0 Å². The molecule has 0 aliphatic heterocycles. The molecular formula is C15H13ClF2N2O2. The molecule has 0 aliphatic carbocycles. The maximum Gasteiger partial charge on any atom is 0.387 e. The van der Waals surface area contributed by atoms with Crippen molar-refractivity contribution in [3.05, 3.63) is 58.9 Å². The SMILES string of the molecule is CN(Cc1ccc(OC(F)F)cc1)C(=O)c1ccc(Cl)nc1. The number of hydrogen-bond donors (Lipinski definition) is 0. The average Bonchev–Trinajstić information content (AvgIpc) is 2.49. The monoisotopic (exact) mass is 326 g/mol. The highest BCUT2D eigenvalue weighted by atomic mass is 35.5. The Labute approximate surface area is 131 Å². The lowest BCUT2D eigenvalue weighted by molar-refractivity contribution is -0.0498. The van der Waals surface area contributed by atoms with Gasteiger partial charge in [-0.05, 0) is 29.8 Å². The summed E-state index contributed by atoms with van der Waals surface area (Å²) >= 11 is 5.68. The molecule has 0 unspecified atom stereocenters. The van der Waals surface area contributed by atoms with Crippen molar-refractivity contribution in [3.63, 3.8) is 0 Å². The Morgan fingerprint density at radius 2 is 1.95 bits per heavy atom. The van der Waals surface area contributed by atoms with E-state index < -0.39 is 6.61 Å². The standard InChI is InChI=1S/C15H13ClF2N2O2/c1-20(14(21)11-4-7-13(16)19-8-11)9-10-2-5-12(6-3-10)22-15(17)18/h2-8,15H,9H2,1H3. The Bertz CT molecular complexity index is 633. The number of aromatic nitrogens is 1. The first-order chi connectivity index (χ1) is 10.5. The quantitative estimate of drug-likeness (QED) is 0.788. The number of carbonyl (C=O) groups excluding carboxylic acids is 1. The molecule has 0 spiro atoms. The van der Waals surface area contributed by atoms with E-state index in [1.807, 2.05) is 0 Å². The number of pyridine rings is 1. The highest BCUT2D eigenvalue weighted by molar-refractivity contribution is 6.29. The normalized spacial score (nSPS) is 10.6. The number of nitrogens with zero attached hydrogens (tertiary/aromatic N) is 2. The third-order valence-electron chi connectivity index (χ3n) is 2.89. The highest BCUT2D eigenvalue weighted by Gasteiger charge is 2.12. The van der Waals surface area contributed by atoms with E-state index in [-0.39, 0.29) is 11.7 Å². The number of ether oxygens (including phenoxy) is 1. The third-order valence-corrected chi connectivity index (χ3v) is 3.11. The molecule has 2 rings (SSSR count). The second kappa shape index (κ2) is 7.17. The molecule has 0 saturated carbocycles. The number of alkyl halides is 2. The minimum Gasteiger partial charge on any atom is -0.435 e. The third kappa shape index (κ3) is 4.39. The van der Waals surface area contributed by atoms with Crippen LogP contribution in [0.2, 0.25) is 5.15 Å². The molecule has 1 heterocycles. The van der Waals surface area contributed by atoms with E-state index in [4.69, 9.17) is 11.6 Å². The Morgan fingerprint density at radius 1 is 1.27 bits per heavy atom. The topological polar surface area (TPSA) is 42.4 Å².